The SMILES string of the molecule is Cc1noc(C)c1CC(=O)Nc1ccc(Sc2nncn2C)cc1. The zero-order chi connectivity index (χ0) is 17.1. The smallest absolute Gasteiger partial charge is 0.228 e. The van der Waals surface area contributed by atoms with Crippen LogP contribution in [-0.4, -0.2) is 25.8 Å². The highest BCUT2D eigenvalue weighted by Gasteiger charge is 2.13. The number of hydrogen-bond donors (Lipinski definition) is 1. The minimum atomic E-state index is -0.0990. The van der Waals surface area contributed by atoms with E-state index >= 15 is 0 Å². The van der Waals surface area contributed by atoms with Crippen molar-refractivity contribution >= 4 is 23.4 Å². The molecule has 1 aromatic carbocycles. The lowest BCUT2D eigenvalue weighted by Crippen LogP contribution is -2.15. The van der Waals surface area contributed by atoms with E-state index in [1.165, 1.54) is 11.8 Å². The molecule has 24 heavy (non-hydrogen) atoms. The van der Waals surface area contributed by atoms with E-state index in [1.54, 1.807) is 13.3 Å². The summed E-state index contributed by atoms with van der Waals surface area (Å²) in [6.07, 6.45) is 1.90. The molecule has 124 valence electrons. The molecule has 0 fully saturated rings. The standard InChI is InChI=1S/C16H17N5O2S/c1-10-14(11(2)23-20-10)8-15(22)18-12-4-6-13(7-5-12)24-16-19-17-9-21(16)3/h4-7,9H,8H2,1-3H3,(H,18,22). The summed E-state index contributed by atoms with van der Waals surface area (Å²) in [5, 5.41) is 15.4. The normalized spacial score (nSPS) is 10.8. The summed E-state index contributed by atoms with van der Waals surface area (Å²) in [5.41, 5.74) is 2.33. The van der Waals surface area contributed by atoms with Crippen LogP contribution in [0.15, 0.2) is 45.2 Å². The number of nitrogens with zero attached hydrogens (tertiary/aromatic N) is 4. The molecule has 0 radical (unpaired) electrons. The third kappa shape index (κ3) is 3.65. The fourth-order valence-corrected chi connectivity index (χ4v) is 2.96. The number of anilines is 1. The average molecular weight is 343 g/mol. The molecule has 0 bridgehead atoms. The Morgan fingerprint density at radius 1 is 1.29 bits per heavy atom. The number of hydrogen-bond acceptors (Lipinski definition) is 6. The molecule has 1 amide bonds. The van der Waals surface area contributed by atoms with Crippen LogP contribution < -0.4 is 5.32 Å². The Labute approximate surface area is 143 Å². The molecular formula is C16H17N5O2S. The van der Waals surface area contributed by atoms with Gasteiger partial charge >= 0.3 is 0 Å². The molecule has 2 aromatic heterocycles. The third-order valence-corrected chi connectivity index (χ3v) is 4.60. The Morgan fingerprint density at radius 3 is 2.62 bits per heavy atom. The molecule has 7 nitrogen and oxygen atoms in total. The van der Waals surface area contributed by atoms with Crippen LogP contribution >= 0.6 is 11.8 Å². The summed E-state index contributed by atoms with van der Waals surface area (Å²) in [5.74, 6) is 0.580. The zero-order valence-corrected chi connectivity index (χ0v) is 14.4. The zero-order valence-electron chi connectivity index (χ0n) is 13.6. The number of aryl methyl sites for hydroxylation is 3. The fraction of sp³-hybridized carbons (Fsp3) is 0.250. The Balaban J connectivity index is 1.62. The van der Waals surface area contributed by atoms with Gasteiger partial charge in [0.05, 0.1) is 12.1 Å². The van der Waals surface area contributed by atoms with Gasteiger partial charge in [-0.25, -0.2) is 0 Å². The molecule has 2 heterocycles. The van der Waals surface area contributed by atoms with Gasteiger partial charge in [-0.05, 0) is 49.9 Å². The Kier molecular flexibility index (Phi) is 4.66. The highest BCUT2D eigenvalue weighted by Crippen LogP contribution is 2.26. The molecule has 0 aliphatic carbocycles. The van der Waals surface area contributed by atoms with Crippen molar-refractivity contribution in [3.63, 3.8) is 0 Å². The van der Waals surface area contributed by atoms with Gasteiger partial charge in [0.1, 0.15) is 12.1 Å². The molecular weight excluding hydrogens is 326 g/mol. The predicted molar refractivity (Wildman–Crippen MR) is 89.9 cm³/mol. The second kappa shape index (κ2) is 6.88. The molecule has 0 saturated carbocycles. The summed E-state index contributed by atoms with van der Waals surface area (Å²) >= 11 is 1.51. The maximum atomic E-state index is 12.2. The van der Waals surface area contributed by atoms with Crippen LogP contribution in [0.25, 0.3) is 0 Å². The molecule has 0 aliphatic rings. The molecule has 1 N–H and O–H groups in total. The van der Waals surface area contributed by atoms with Gasteiger partial charge < -0.3 is 14.4 Å². The number of carbonyl (C=O) groups is 1. The molecule has 0 saturated heterocycles. The average Bonchev–Trinajstić information content (AvgIpc) is 3.10. The van der Waals surface area contributed by atoms with Crippen molar-refractivity contribution in [2.24, 2.45) is 7.05 Å². The highest BCUT2D eigenvalue weighted by atomic mass is 32.2. The number of amides is 1. The van der Waals surface area contributed by atoms with Gasteiger partial charge in [-0.1, -0.05) is 5.16 Å². The summed E-state index contributed by atoms with van der Waals surface area (Å²) in [6, 6.07) is 7.60. The number of aromatic nitrogens is 4. The van der Waals surface area contributed by atoms with E-state index in [-0.39, 0.29) is 12.3 Å². The first kappa shape index (κ1) is 16.3. The second-order valence-corrected chi connectivity index (χ2v) is 6.42. The highest BCUT2D eigenvalue weighted by molar-refractivity contribution is 7.99. The lowest BCUT2D eigenvalue weighted by atomic mass is 10.1. The van der Waals surface area contributed by atoms with Gasteiger partial charge in [0.2, 0.25) is 5.91 Å². The fourth-order valence-electron chi connectivity index (χ4n) is 2.20. The van der Waals surface area contributed by atoms with Gasteiger partial charge in [0.15, 0.2) is 5.16 Å². The molecule has 3 rings (SSSR count). The van der Waals surface area contributed by atoms with Crippen molar-refractivity contribution < 1.29 is 9.32 Å². The van der Waals surface area contributed by atoms with Gasteiger partial charge in [0, 0.05) is 23.2 Å². The molecule has 3 aromatic rings. The van der Waals surface area contributed by atoms with Crippen molar-refractivity contribution in [1.29, 1.82) is 0 Å². The van der Waals surface area contributed by atoms with E-state index in [0.717, 1.165) is 27.0 Å². The van der Waals surface area contributed by atoms with E-state index in [1.807, 2.05) is 42.8 Å². The third-order valence-electron chi connectivity index (χ3n) is 3.54. The largest absolute Gasteiger partial charge is 0.361 e. The lowest BCUT2D eigenvalue weighted by molar-refractivity contribution is -0.115. The monoisotopic (exact) mass is 343 g/mol. The Hall–Kier alpha value is -2.61. The van der Waals surface area contributed by atoms with E-state index in [9.17, 15) is 4.79 Å². The van der Waals surface area contributed by atoms with E-state index in [0.29, 0.717) is 5.76 Å². The van der Waals surface area contributed by atoms with E-state index < -0.39 is 0 Å². The first-order chi connectivity index (χ1) is 11.5. The van der Waals surface area contributed by atoms with Crippen molar-refractivity contribution in [2.75, 3.05) is 5.32 Å². The Bertz CT molecular complexity index is 834. The lowest BCUT2D eigenvalue weighted by Gasteiger charge is -2.06. The first-order valence-electron chi connectivity index (χ1n) is 7.36. The van der Waals surface area contributed by atoms with Crippen molar-refractivity contribution in [1.82, 2.24) is 19.9 Å². The Morgan fingerprint density at radius 2 is 2.04 bits per heavy atom. The summed E-state index contributed by atoms with van der Waals surface area (Å²) < 4.78 is 6.93. The van der Waals surface area contributed by atoms with Crippen LogP contribution in [0.1, 0.15) is 17.0 Å². The molecule has 0 unspecified atom stereocenters. The van der Waals surface area contributed by atoms with Crippen LogP contribution in [-0.2, 0) is 18.3 Å². The first-order valence-corrected chi connectivity index (χ1v) is 8.18. The molecule has 0 aliphatic heterocycles. The van der Waals surface area contributed by atoms with Crippen LogP contribution in [0, 0.1) is 13.8 Å². The van der Waals surface area contributed by atoms with Crippen molar-refractivity contribution in [2.45, 2.75) is 30.3 Å². The van der Waals surface area contributed by atoms with Crippen molar-refractivity contribution in [3.8, 4) is 0 Å². The number of rotatable bonds is 5. The topological polar surface area (TPSA) is 85.8 Å². The number of carbonyl (C=O) groups excluding carboxylic acids is 1. The minimum Gasteiger partial charge on any atom is -0.361 e. The predicted octanol–water partition coefficient (Wildman–Crippen LogP) is 2.75. The molecule has 0 spiro atoms. The van der Waals surface area contributed by atoms with Crippen LogP contribution in [0.3, 0.4) is 0 Å². The minimum absolute atomic E-state index is 0.0990. The summed E-state index contributed by atoms with van der Waals surface area (Å²) in [4.78, 5) is 13.2. The number of benzene rings is 1. The quantitative estimate of drug-likeness (QED) is 0.766. The maximum absolute atomic E-state index is 12.2. The second-order valence-electron chi connectivity index (χ2n) is 5.38. The van der Waals surface area contributed by atoms with Gasteiger partial charge in [-0.15, -0.1) is 10.2 Å². The van der Waals surface area contributed by atoms with Crippen LogP contribution in [0.5, 0.6) is 0 Å². The van der Waals surface area contributed by atoms with E-state index in [4.69, 9.17) is 4.52 Å². The molecule has 8 heteroatoms. The summed E-state index contributed by atoms with van der Waals surface area (Å²) in [6.45, 7) is 3.64. The van der Waals surface area contributed by atoms with Crippen LogP contribution in [0.4, 0.5) is 5.69 Å². The van der Waals surface area contributed by atoms with Gasteiger partial charge in [-0.3, -0.25) is 4.79 Å². The summed E-state index contributed by atoms with van der Waals surface area (Å²) in [7, 11) is 1.89. The number of nitrogens with one attached hydrogen (secondary N) is 1. The van der Waals surface area contributed by atoms with Gasteiger partial charge in [0.25, 0.3) is 0 Å². The van der Waals surface area contributed by atoms with Gasteiger partial charge in [-0.2, -0.15) is 0 Å². The van der Waals surface area contributed by atoms with Crippen molar-refractivity contribution in [3.05, 3.63) is 47.6 Å². The maximum Gasteiger partial charge on any atom is 0.228 e. The van der Waals surface area contributed by atoms with E-state index in [2.05, 4.69) is 20.7 Å². The molecule has 0 atom stereocenters. The van der Waals surface area contributed by atoms with Crippen LogP contribution in [0.2, 0.25) is 0 Å².